The number of carbonyl (C=O) groups excluding carboxylic acids is 1. The lowest BCUT2D eigenvalue weighted by Crippen LogP contribution is -2.64. The monoisotopic (exact) mass is 492 g/mol. The fraction of sp³-hybridized carbons (Fsp3) is 0.857. The SMILES string of the molecule is CC(C)(C)[S+]([O-])N(OC=O)[C@@H]1C/C=C\[C@@H](CN2CCCC2)CS[C@H]2O[C@H]1[C@H](O)[C@H](O)[C@H]2O. The molecular weight excluding hydrogens is 456 g/mol. The van der Waals surface area contributed by atoms with Crippen molar-refractivity contribution in [1.29, 1.82) is 0 Å². The minimum Gasteiger partial charge on any atom is -0.595 e. The maximum atomic E-state index is 13.2. The molecule has 3 heterocycles. The largest absolute Gasteiger partial charge is 0.595 e. The highest BCUT2D eigenvalue weighted by Crippen LogP contribution is 2.36. The molecule has 184 valence electrons. The summed E-state index contributed by atoms with van der Waals surface area (Å²) in [6.45, 7) is 8.48. The summed E-state index contributed by atoms with van der Waals surface area (Å²) in [6.07, 6.45) is 1.57. The zero-order valence-corrected chi connectivity index (χ0v) is 20.5. The van der Waals surface area contributed by atoms with Crippen LogP contribution in [0.15, 0.2) is 12.2 Å². The molecule has 0 aromatic rings. The number of likely N-dealkylation sites (tertiary alicyclic amines) is 1. The number of hydroxylamine groups is 1. The Labute approximate surface area is 197 Å². The van der Waals surface area contributed by atoms with Crippen molar-refractivity contribution in [1.82, 2.24) is 9.37 Å². The number of carbonyl (C=O) groups is 1. The van der Waals surface area contributed by atoms with Crippen LogP contribution in [0.2, 0.25) is 0 Å². The molecule has 0 radical (unpaired) electrons. The topological polar surface area (TPSA) is 126 Å². The molecule has 2 bridgehead atoms. The summed E-state index contributed by atoms with van der Waals surface area (Å²) in [5, 5.41) is 31.8. The second kappa shape index (κ2) is 11.4. The molecule has 8 atom stereocenters. The van der Waals surface area contributed by atoms with Crippen LogP contribution in [0.5, 0.6) is 0 Å². The Kier molecular flexibility index (Phi) is 9.32. The van der Waals surface area contributed by atoms with E-state index in [0.717, 1.165) is 24.1 Å². The van der Waals surface area contributed by atoms with Crippen molar-refractivity contribution in [3.05, 3.63) is 12.2 Å². The summed E-state index contributed by atoms with van der Waals surface area (Å²) >= 11 is -0.362. The predicted octanol–water partition coefficient (Wildman–Crippen LogP) is 0.420. The third-order valence-electron chi connectivity index (χ3n) is 6.04. The number of aliphatic hydroxyl groups is 3. The van der Waals surface area contributed by atoms with Gasteiger partial charge in [-0.2, -0.15) is 0 Å². The van der Waals surface area contributed by atoms with Gasteiger partial charge in [0.2, 0.25) is 0 Å². The van der Waals surface area contributed by atoms with Crippen molar-refractivity contribution in [3.63, 3.8) is 0 Å². The molecule has 0 aromatic heterocycles. The third kappa shape index (κ3) is 6.19. The van der Waals surface area contributed by atoms with Crippen LogP contribution in [0, 0.1) is 5.92 Å². The van der Waals surface area contributed by atoms with Crippen molar-refractivity contribution in [2.75, 3.05) is 25.4 Å². The maximum absolute atomic E-state index is 13.2. The van der Waals surface area contributed by atoms with Crippen LogP contribution in [0.1, 0.15) is 40.0 Å². The first-order valence-electron chi connectivity index (χ1n) is 11.2. The Morgan fingerprint density at radius 2 is 1.94 bits per heavy atom. The van der Waals surface area contributed by atoms with Crippen LogP contribution in [0.25, 0.3) is 0 Å². The van der Waals surface area contributed by atoms with Gasteiger partial charge < -0.3 is 34.3 Å². The molecule has 32 heavy (non-hydrogen) atoms. The highest BCUT2D eigenvalue weighted by Gasteiger charge is 2.52. The molecule has 3 aliphatic rings. The first kappa shape index (κ1) is 26.2. The summed E-state index contributed by atoms with van der Waals surface area (Å²) in [7, 11) is 0. The molecule has 0 spiro atoms. The fourth-order valence-electron chi connectivity index (χ4n) is 4.32. The molecule has 3 aliphatic heterocycles. The number of thioether (sulfide) groups is 1. The Balaban J connectivity index is 1.90. The van der Waals surface area contributed by atoms with Gasteiger partial charge in [0.25, 0.3) is 0 Å². The number of hydrogen-bond acceptors (Lipinski definition) is 10. The van der Waals surface area contributed by atoms with Crippen molar-refractivity contribution in [3.8, 4) is 0 Å². The lowest BCUT2D eigenvalue weighted by molar-refractivity contribution is -0.229. The molecule has 11 heteroatoms. The number of nitrogens with zero attached hydrogens (tertiary/aromatic N) is 2. The van der Waals surface area contributed by atoms with Crippen LogP contribution < -0.4 is 0 Å². The highest BCUT2D eigenvalue weighted by molar-refractivity contribution is 7.99. The van der Waals surface area contributed by atoms with E-state index in [9.17, 15) is 24.7 Å². The van der Waals surface area contributed by atoms with Gasteiger partial charge in [-0.15, -0.1) is 11.8 Å². The number of aliphatic hydroxyl groups excluding tert-OH is 3. The lowest BCUT2D eigenvalue weighted by Gasteiger charge is -2.45. The van der Waals surface area contributed by atoms with Gasteiger partial charge in [0.15, 0.2) is 0 Å². The zero-order valence-electron chi connectivity index (χ0n) is 18.9. The second-order valence-electron chi connectivity index (χ2n) is 9.62. The first-order chi connectivity index (χ1) is 15.1. The normalized spacial score (nSPS) is 38.9. The van der Waals surface area contributed by atoms with E-state index < -0.39 is 52.0 Å². The van der Waals surface area contributed by atoms with E-state index in [1.165, 1.54) is 24.6 Å². The molecule has 9 nitrogen and oxygen atoms in total. The summed E-state index contributed by atoms with van der Waals surface area (Å²) < 4.78 is 19.6. The molecule has 0 aliphatic carbocycles. The van der Waals surface area contributed by atoms with Crippen LogP contribution in [0.3, 0.4) is 0 Å². The second-order valence-corrected chi connectivity index (χ2v) is 12.8. The van der Waals surface area contributed by atoms with Crippen molar-refractivity contribution in [2.45, 2.75) is 80.7 Å². The average molecular weight is 493 g/mol. The molecular formula is C21H36N2O7S2. The van der Waals surface area contributed by atoms with Gasteiger partial charge in [-0.05, 0) is 59.0 Å². The molecule has 0 saturated carbocycles. The number of hydrogen-bond donors (Lipinski definition) is 3. The van der Waals surface area contributed by atoms with Crippen LogP contribution in [0.4, 0.5) is 0 Å². The standard InChI is InChI=1S/C21H36N2O7S2/c1-21(2,3)32(28)23(29-13-24)15-8-6-7-14(11-22-9-4-5-10-22)12-31-20-18(27)16(25)17(26)19(15)30-20/h6-7,13-20,25-27H,4-5,8-12H2,1-3H3/b7-6-/t14-,15+,16-,17+,18+,19+,20+,32?/m0/s1. The van der Waals surface area contributed by atoms with Gasteiger partial charge in [-0.1, -0.05) is 12.2 Å². The zero-order chi connectivity index (χ0) is 23.5. The number of rotatable bonds is 6. The van der Waals surface area contributed by atoms with Gasteiger partial charge in [-0.3, -0.25) is 4.79 Å². The Hall–Kier alpha value is -0.370. The van der Waals surface area contributed by atoms with Crippen LogP contribution >= 0.6 is 11.8 Å². The van der Waals surface area contributed by atoms with E-state index in [4.69, 9.17) is 9.57 Å². The van der Waals surface area contributed by atoms with Crippen LogP contribution in [-0.4, -0.2) is 102 Å². The number of ether oxygens (including phenoxy) is 1. The summed E-state index contributed by atoms with van der Waals surface area (Å²) in [4.78, 5) is 18.8. The summed E-state index contributed by atoms with van der Waals surface area (Å²) in [6, 6.07) is -0.817. The third-order valence-corrected chi connectivity index (χ3v) is 9.11. The molecule has 0 aromatic carbocycles. The molecule has 3 rings (SSSR count). The molecule has 3 N–H and O–H groups in total. The molecule has 2 saturated heterocycles. The first-order valence-corrected chi connectivity index (χ1v) is 13.3. The summed E-state index contributed by atoms with van der Waals surface area (Å²) in [5.41, 5.74) is -0.769. The van der Waals surface area contributed by atoms with E-state index in [1.54, 1.807) is 20.8 Å². The maximum Gasteiger partial charge on any atom is 0.318 e. The quantitative estimate of drug-likeness (QED) is 0.208. The van der Waals surface area contributed by atoms with Gasteiger partial charge in [-0.25, -0.2) is 0 Å². The van der Waals surface area contributed by atoms with Gasteiger partial charge in [0.1, 0.15) is 40.6 Å². The molecule has 0 amide bonds. The Bertz CT molecular complexity index is 644. The number of fused-ring (bicyclic) bond motifs is 2. The van der Waals surface area contributed by atoms with Crippen molar-refractivity contribution >= 4 is 29.6 Å². The molecule has 1 unspecified atom stereocenters. The van der Waals surface area contributed by atoms with Gasteiger partial charge in [0.05, 0.1) is 15.8 Å². The summed E-state index contributed by atoms with van der Waals surface area (Å²) in [5.74, 6) is 0.890. The van der Waals surface area contributed by atoms with Gasteiger partial charge in [0, 0.05) is 12.3 Å². The Morgan fingerprint density at radius 3 is 2.56 bits per heavy atom. The van der Waals surface area contributed by atoms with Gasteiger partial charge >= 0.3 is 6.47 Å². The fourth-order valence-corrected chi connectivity index (χ4v) is 6.64. The Morgan fingerprint density at radius 1 is 1.25 bits per heavy atom. The van der Waals surface area contributed by atoms with E-state index >= 15 is 0 Å². The molecule has 2 fully saturated rings. The van der Waals surface area contributed by atoms with E-state index in [1.807, 2.05) is 6.08 Å². The predicted molar refractivity (Wildman–Crippen MR) is 123 cm³/mol. The average Bonchev–Trinajstić information content (AvgIpc) is 3.25. The van der Waals surface area contributed by atoms with Crippen LogP contribution in [-0.2, 0) is 25.7 Å². The minimum absolute atomic E-state index is 0.198. The smallest absolute Gasteiger partial charge is 0.318 e. The van der Waals surface area contributed by atoms with Crippen molar-refractivity contribution < 1.29 is 34.2 Å². The van der Waals surface area contributed by atoms with Crippen molar-refractivity contribution in [2.24, 2.45) is 5.92 Å². The van der Waals surface area contributed by atoms with E-state index in [2.05, 4.69) is 11.0 Å². The minimum atomic E-state index is -1.76. The highest BCUT2D eigenvalue weighted by atomic mass is 32.2. The van der Waals surface area contributed by atoms with E-state index in [0.29, 0.717) is 5.75 Å². The van der Waals surface area contributed by atoms with E-state index in [-0.39, 0.29) is 18.8 Å². The lowest BCUT2D eigenvalue weighted by atomic mass is 9.93.